The quantitative estimate of drug-likeness (QED) is 0.762. The van der Waals surface area contributed by atoms with E-state index in [4.69, 9.17) is 10.5 Å². The Hall–Kier alpha value is -1.42. The van der Waals surface area contributed by atoms with Gasteiger partial charge in [-0.1, -0.05) is 0 Å². The van der Waals surface area contributed by atoms with Crippen molar-refractivity contribution in [3.63, 3.8) is 0 Å². The second-order valence-electron chi connectivity index (χ2n) is 3.25. The number of allylic oxidation sites excluding steroid dienone is 1. The molecule has 1 aromatic rings. The highest BCUT2D eigenvalue weighted by atomic mass is 16.5. The zero-order valence-electron chi connectivity index (χ0n) is 7.89. The zero-order chi connectivity index (χ0) is 9.80. The van der Waals surface area contributed by atoms with E-state index >= 15 is 0 Å². The molecule has 1 aliphatic heterocycles. The minimum Gasteiger partial charge on any atom is -0.496 e. The molecular formula is C10H13N3O. The zero-order valence-corrected chi connectivity index (χ0v) is 7.89. The summed E-state index contributed by atoms with van der Waals surface area (Å²) in [5.41, 5.74) is 6.95. The van der Waals surface area contributed by atoms with E-state index in [2.05, 4.69) is 16.3 Å². The van der Waals surface area contributed by atoms with E-state index in [9.17, 15) is 0 Å². The summed E-state index contributed by atoms with van der Waals surface area (Å²) in [5, 5.41) is 7.49. The first-order valence-electron chi connectivity index (χ1n) is 4.73. The molecule has 0 aliphatic carbocycles. The topological polar surface area (TPSA) is 61.0 Å². The molecule has 2 heterocycles. The number of rotatable bonds is 2. The van der Waals surface area contributed by atoms with Crippen LogP contribution in [0.1, 0.15) is 24.4 Å². The van der Waals surface area contributed by atoms with E-state index in [1.54, 1.807) is 12.4 Å². The first-order chi connectivity index (χ1) is 6.88. The van der Waals surface area contributed by atoms with Crippen LogP contribution in [0, 0.1) is 0 Å². The Labute approximate surface area is 82.8 Å². The maximum absolute atomic E-state index is 6.01. The monoisotopic (exact) mass is 191 g/mol. The molecule has 1 unspecified atom stereocenters. The van der Waals surface area contributed by atoms with Crippen molar-refractivity contribution in [2.45, 2.75) is 18.9 Å². The minimum atomic E-state index is -0.203. The van der Waals surface area contributed by atoms with Gasteiger partial charge in [0.05, 0.1) is 18.8 Å². The average Bonchev–Trinajstić information content (AvgIpc) is 2.30. The van der Waals surface area contributed by atoms with Crippen molar-refractivity contribution in [1.82, 2.24) is 10.2 Å². The van der Waals surface area contributed by atoms with Gasteiger partial charge in [-0.15, -0.1) is 0 Å². The first-order valence-corrected chi connectivity index (χ1v) is 4.73. The molecule has 0 fully saturated rings. The summed E-state index contributed by atoms with van der Waals surface area (Å²) < 4.78 is 5.48. The minimum absolute atomic E-state index is 0.203. The second kappa shape index (κ2) is 4.19. The Morgan fingerprint density at radius 1 is 1.43 bits per heavy atom. The Balaban J connectivity index is 2.15. The van der Waals surface area contributed by atoms with Crippen LogP contribution >= 0.6 is 0 Å². The van der Waals surface area contributed by atoms with Crippen LogP contribution < -0.4 is 5.73 Å². The van der Waals surface area contributed by atoms with E-state index in [-0.39, 0.29) is 6.04 Å². The summed E-state index contributed by atoms with van der Waals surface area (Å²) in [5.74, 6) is 0.851. The summed E-state index contributed by atoms with van der Waals surface area (Å²) in [7, 11) is 0. The number of nitrogens with two attached hydrogens (primary N) is 1. The van der Waals surface area contributed by atoms with Crippen LogP contribution in [0.4, 0.5) is 0 Å². The van der Waals surface area contributed by atoms with E-state index in [1.165, 1.54) is 0 Å². The standard InChI is InChI=1S/C10H13N3O/c11-10(8-4-5-12-13-7-8)9-3-1-2-6-14-9/h3-5,7,10H,1-2,6,11H2. The Morgan fingerprint density at radius 2 is 2.36 bits per heavy atom. The summed E-state index contributed by atoms with van der Waals surface area (Å²) in [6.07, 6.45) is 7.48. The van der Waals surface area contributed by atoms with Gasteiger partial charge in [0, 0.05) is 6.20 Å². The summed E-state index contributed by atoms with van der Waals surface area (Å²) in [4.78, 5) is 0. The van der Waals surface area contributed by atoms with Crippen LogP contribution in [-0.4, -0.2) is 16.8 Å². The van der Waals surface area contributed by atoms with Gasteiger partial charge in [0.15, 0.2) is 0 Å². The maximum atomic E-state index is 6.01. The highest BCUT2D eigenvalue weighted by Crippen LogP contribution is 2.22. The second-order valence-corrected chi connectivity index (χ2v) is 3.25. The van der Waals surface area contributed by atoms with Gasteiger partial charge in [-0.2, -0.15) is 10.2 Å². The number of hydrogen-bond acceptors (Lipinski definition) is 4. The van der Waals surface area contributed by atoms with Crippen LogP contribution in [0.3, 0.4) is 0 Å². The average molecular weight is 191 g/mol. The largest absolute Gasteiger partial charge is 0.496 e. The molecule has 4 nitrogen and oxygen atoms in total. The van der Waals surface area contributed by atoms with Crippen molar-refractivity contribution in [3.8, 4) is 0 Å². The fourth-order valence-electron chi connectivity index (χ4n) is 1.44. The number of hydrogen-bond donors (Lipinski definition) is 1. The predicted molar refractivity (Wildman–Crippen MR) is 52.2 cm³/mol. The first kappa shape index (κ1) is 9.15. The van der Waals surface area contributed by atoms with Gasteiger partial charge in [0.1, 0.15) is 5.76 Å². The Bertz CT molecular complexity index is 323. The van der Waals surface area contributed by atoms with Crippen molar-refractivity contribution < 1.29 is 4.74 Å². The lowest BCUT2D eigenvalue weighted by molar-refractivity contribution is 0.176. The Morgan fingerprint density at radius 3 is 3.00 bits per heavy atom. The Kier molecular flexibility index (Phi) is 2.74. The molecule has 0 bridgehead atoms. The molecule has 1 aliphatic rings. The summed E-state index contributed by atoms with van der Waals surface area (Å²) in [6.45, 7) is 0.762. The van der Waals surface area contributed by atoms with E-state index in [0.717, 1.165) is 30.8 Å². The highest BCUT2D eigenvalue weighted by Gasteiger charge is 2.15. The predicted octanol–water partition coefficient (Wildman–Crippen LogP) is 1.17. The normalized spacial score (nSPS) is 18.2. The number of ether oxygens (including phenoxy) is 1. The van der Waals surface area contributed by atoms with Crippen molar-refractivity contribution in [1.29, 1.82) is 0 Å². The van der Waals surface area contributed by atoms with Gasteiger partial charge >= 0.3 is 0 Å². The van der Waals surface area contributed by atoms with Crippen molar-refractivity contribution in [3.05, 3.63) is 35.9 Å². The maximum Gasteiger partial charge on any atom is 0.113 e. The number of aromatic nitrogens is 2. The van der Waals surface area contributed by atoms with Gasteiger partial charge in [-0.05, 0) is 30.5 Å². The molecule has 2 rings (SSSR count). The van der Waals surface area contributed by atoms with Gasteiger partial charge in [-0.3, -0.25) is 0 Å². The molecule has 0 saturated heterocycles. The fourth-order valence-corrected chi connectivity index (χ4v) is 1.44. The van der Waals surface area contributed by atoms with Gasteiger partial charge in [-0.25, -0.2) is 0 Å². The van der Waals surface area contributed by atoms with E-state index in [1.807, 2.05) is 6.07 Å². The third-order valence-corrected chi connectivity index (χ3v) is 2.24. The number of nitrogens with zero attached hydrogens (tertiary/aromatic N) is 2. The third-order valence-electron chi connectivity index (χ3n) is 2.24. The highest BCUT2D eigenvalue weighted by molar-refractivity contribution is 5.21. The molecule has 2 N–H and O–H groups in total. The summed E-state index contributed by atoms with van der Waals surface area (Å²) in [6, 6.07) is 1.65. The molecule has 0 aromatic carbocycles. The molecule has 1 aromatic heterocycles. The lowest BCUT2D eigenvalue weighted by Crippen LogP contribution is -2.18. The summed E-state index contributed by atoms with van der Waals surface area (Å²) >= 11 is 0. The lowest BCUT2D eigenvalue weighted by Gasteiger charge is -2.20. The van der Waals surface area contributed by atoms with Crippen LogP contribution in [0.25, 0.3) is 0 Å². The molecule has 0 radical (unpaired) electrons. The molecule has 0 amide bonds. The lowest BCUT2D eigenvalue weighted by atomic mass is 10.1. The molecule has 0 spiro atoms. The molecule has 74 valence electrons. The van der Waals surface area contributed by atoms with E-state index < -0.39 is 0 Å². The third kappa shape index (κ3) is 1.90. The van der Waals surface area contributed by atoms with Gasteiger partial charge < -0.3 is 10.5 Å². The van der Waals surface area contributed by atoms with Crippen molar-refractivity contribution >= 4 is 0 Å². The molecule has 1 atom stereocenters. The van der Waals surface area contributed by atoms with E-state index in [0.29, 0.717) is 0 Å². The van der Waals surface area contributed by atoms with Crippen LogP contribution in [-0.2, 0) is 4.74 Å². The fraction of sp³-hybridized carbons (Fsp3) is 0.400. The smallest absolute Gasteiger partial charge is 0.113 e. The van der Waals surface area contributed by atoms with Crippen molar-refractivity contribution in [2.75, 3.05) is 6.61 Å². The molecule has 0 saturated carbocycles. The van der Waals surface area contributed by atoms with Crippen LogP contribution in [0.2, 0.25) is 0 Å². The molecule has 14 heavy (non-hydrogen) atoms. The van der Waals surface area contributed by atoms with Gasteiger partial charge in [0.2, 0.25) is 0 Å². The van der Waals surface area contributed by atoms with Crippen LogP contribution in [0.15, 0.2) is 30.3 Å². The SMILES string of the molecule is NC(C1=CCCCO1)c1ccnnc1. The molecular weight excluding hydrogens is 178 g/mol. The van der Waals surface area contributed by atoms with Gasteiger partial charge in [0.25, 0.3) is 0 Å². The van der Waals surface area contributed by atoms with Crippen LogP contribution in [0.5, 0.6) is 0 Å². The van der Waals surface area contributed by atoms with Crippen molar-refractivity contribution in [2.24, 2.45) is 5.73 Å². The molecule has 4 heteroatoms.